The minimum absolute atomic E-state index is 0.0292. The fraction of sp³-hybridized carbons (Fsp3) is 0.200. The second-order valence-corrected chi connectivity index (χ2v) is 8.85. The van der Waals surface area contributed by atoms with Crippen LogP contribution in [0.4, 0.5) is 10.2 Å². The van der Waals surface area contributed by atoms with Gasteiger partial charge in [0.25, 0.3) is 5.91 Å². The third-order valence-electron chi connectivity index (χ3n) is 5.70. The molecular weight excluding hydrogens is 437 g/mol. The van der Waals surface area contributed by atoms with E-state index in [4.69, 9.17) is 0 Å². The number of rotatable bonds is 4. The van der Waals surface area contributed by atoms with Crippen molar-refractivity contribution in [2.75, 3.05) is 31.1 Å². The molecule has 1 aliphatic heterocycles. The highest BCUT2D eigenvalue weighted by Crippen LogP contribution is 2.29. The molecule has 3 heterocycles. The maximum Gasteiger partial charge on any atom is 0.265 e. The molecule has 0 radical (unpaired) electrons. The summed E-state index contributed by atoms with van der Waals surface area (Å²) in [6.07, 6.45) is 1.53. The lowest BCUT2D eigenvalue weighted by molar-refractivity contribution is 0.0750. The van der Waals surface area contributed by atoms with Crippen LogP contribution in [0.2, 0.25) is 0 Å². The average molecular weight is 460 g/mol. The maximum atomic E-state index is 13.2. The van der Waals surface area contributed by atoms with Gasteiger partial charge in [0.15, 0.2) is 0 Å². The van der Waals surface area contributed by atoms with E-state index in [2.05, 4.69) is 19.9 Å². The predicted octanol–water partition coefficient (Wildman–Crippen LogP) is 4.68. The van der Waals surface area contributed by atoms with E-state index < -0.39 is 0 Å². The zero-order valence-electron chi connectivity index (χ0n) is 18.1. The number of benzene rings is 2. The van der Waals surface area contributed by atoms with E-state index in [1.165, 1.54) is 29.8 Å². The Kier molecular flexibility index (Phi) is 5.83. The molecule has 8 heteroatoms. The Morgan fingerprint density at radius 2 is 1.67 bits per heavy atom. The summed E-state index contributed by atoms with van der Waals surface area (Å²) in [5.41, 5.74) is 3.37. The zero-order chi connectivity index (χ0) is 22.8. The SMILES string of the molecule is Cc1nc(-c2ccccc2)sc1C(=O)N1CCN(c2cc(-c3ccc(F)cc3)ncn2)CC1. The van der Waals surface area contributed by atoms with Gasteiger partial charge in [0.05, 0.1) is 11.4 Å². The van der Waals surface area contributed by atoms with Gasteiger partial charge in [-0.1, -0.05) is 30.3 Å². The van der Waals surface area contributed by atoms with Crippen LogP contribution < -0.4 is 4.90 Å². The number of aryl methyl sites for hydroxylation is 1. The number of hydrogen-bond acceptors (Lipinski definition) is 6. The van der Waals surface area contributed by atoms with Crippen LogP contribution in [0.1, 0.15) is 15.4 Å². The Hall–Kier alpha value is -3.65. The fourth-order valence-electron chi connectivity index (χ4n) is 3.88. The topological polar surface area (TPSA) is 62.2 Å². The molecule has 33 heavy (non-hydrogen) atoms. The minimum atomic E-state index is -0.277. The molecule has 0 unspecified atom stereocenters. The number of anilines is 1. The smallest absolute Gasteiger partial charge is 0.265 e. The van der Waals surface area contributed by atoms with Crippen LogP contribution in [0.15, 0.2) is 67.0 Å². The molecular formula is C25H22FN5OS. The number of piperazine rings is 1. The summed E-state index contributed by atoms with van der Waals surface area (Å²) in [5.74, 6) is 0.555. The summed E-state index contributed by atoms with van der Waals surface area (Å²) in [6.45, 7) is 4.45. The first kappa shape index (κ1) is 21.2. The Bertz CT molecular complexity index is 1270. The van der Waals surface area contributed by atoms with Crippen molar-refractivity contribution in [2.45, 2.75) is 6.92 Å². The van der Waals surface area contributed by atoms with Gasteiger partial charge in [-0.3, -0.25) is 4.79 Å². The summed E-state index contributed by atoms with van der Waals surface area (Å²) in [6, 6.07) is 18.1. The summed E-state index contributed by atoms with van der Waals surface area (Å²) in [4.78, 5) is 31.3. The van der Waals surface area contributed by atoms with Gasteiger partial charge < -0.3 is 9.80 Å². The monoisotopic (exact) mass is 459 g/mol. The van der Waals surface area contributed by atoms with E-state index in [9.17, 15) is 9.18 Å². The van der Waals surface area contributed by atoms with E-state index in [0.717, 1.165) is 33.3 Å². The van der Waals surface area contributed by atoms with Crippen molar-refractivity contribution >= 4 is 23.1 Å². The van der Waals surface area contributed by atoms with Crippen LogP contribution in [0, 0.1) is 12.7 Å². The molecule has 0 N–H and O–H groups in total. The van der Waals surface area contributed by atoms with E-state index in [0.29, 0.717) is 31.1 Å². The molecule has 0 spiro atoms. The Morgan fingerprint density at radius 3 is 2.39 bits per heavy atom. The van der Waals surface area contributed by atoms with Crippen LogP contribution in [0.5, 0.6) is 0 Å². The lowest BCUT2D eigenvalue weighted by Crippen LogP contribution is -2.49. The van der Waals surface area contributed by atoms with Crippen molar-refractivity contribution in [3.63, 3.8) is 0 Å². The largest absolute Gasteiger partial charge is 0.353 e. The van der Waals surface area contributed by atoms with Crippen molar-refractivity contribution in [2.24, 2.45) is 0 Å². The molecule has 6 nitrogen and oxygen atoms in total. The number of halogens is 1. The normalized spacial score (nSPS) is 13.9. The standard InChI is InChI=1S/C25H22FN5OS/c1-17-23(33-24(29-17)19-5-3-2-4-6-19)25(32)31-13-11-30(12-14-31)22-15-21(27-16-28-22)18-7-9-20(26)10-8-18/h2-10,15-16H,11-14H2,1H3. The van der Waals surface area contributed by atoms with Gasteiger partial charge in [-0.15, -0.1) is 11.3 Å². The van der Waals surface area contributed by atoms with Gasteiger partial charge in [-0.25, -0.2) is 19.3 Å². The third-order valence-corrected chi connectivity index (χ3v) is 6.89. The predicted molar refractivity (Wildman–Crippen MR) is 128 cm³/mol. The van der Waals surface area contributed by atoms with Gasteiger partial charge in [0, 0.05) is 43.4 Å². The highest BCUT2D eigenvalue weighted by Gasteiger charge is 2.26. The van der Waals surface area contributed by atoms with Gasteiger partial charge in [-0.2, -0.15) is 0 Å². The first-order valence-corrected chi connectivity index (χ1v) is 11.6. The number of carbonyl (C=O) groups is 1. The molecule has 0 bridgehead atoms. The molecule has 1 fully saturated rings. The van der Waals surface area contributed by atoms with Crippen molar-refractivity contribution in [3.8, 4) is 21.8 Å². The van der Waals surface area contributed by atoms with Crippen LogP contribution in [0.3, 0.4) is 0 Å². The van der Waals surface area contributed by atoms with Gasteiger partial charge in [-0.05, 0) is 31.2 Å². The molecule has 4 aromatic rings. The molecule has 2 aromatic heterocycles. The van der Waals surface area contributed by atoms with E-state index in [1.807, 2.05) is 48.2 Å². The quantitative estimate of drug-likeness (QED) is 0.444. The molecule has 5 rings (SSSR count). The van der Waals surface area contributed by atoms with Gasteiger partial charge in [0.1, 0.15) is 27.8 Å². The van der Waals surface area contributed by atoms with E-state index in [-0.39, 0.29) is 11.7 Å². The van der Waals surface area contributed by atoms with Crippen LogP contribution in [-0.2, 0) is 0 Å². The Morgan fingerprint density at radius 1 is 0.939 bits per heavy atom. The van der Waals surface area contributed by atoms with Gasteiger partial charge >= 0.3 is 0 Å². The number of amides is 1. The second kappa shape index (κ2) is 9.07. The van der Waals surface area contributed by atoms with E-state index in [1.54, 1.807) is 12.1 Å². The number of thiazole rings is 1. The molecule has 0 saturated carbocycles. The van der Waals surface area contributed by atoms with Crippen LogP contribution >= 0.6 is 11.3 Å². The lowest BCUT2D eigenvalue weighted by Gasteiger charge is -2.35. The summed E-state index contributed by atoms with van der Waals surface area (Å²) in [5, 5.41) is 0.865. The molecule has 2 aromatic carbocycles. The van der Waals surface area contributed by atoms with Crippen molar-refractivity contribution in [1.29, 1.82) is 0 Å². The Balaban J connectivity index is 1.27. The Labute approximate surface area is 195 Å². The minimum Gasteiger partial charge on any atom is -0.353 e. The number of aromatic nitrogens is 3. The number of nitrogens with zero attached hydrogens (tertiary/aromatic N) is 5. The molecule has 1 saturated heterocycles. The van der Waals surface area contributed by atoms with Crippen LogP contribution in [0.25, 0.3) is 21.8 Å². The molecule has 0 aliphatic carbocycles. The average Bonchev–Trinajstić information content (AvgIpc) is 3.26. The lowest BCUT2D eigenvalue weighted by atomic mass is 10.1. The third kappa shape index (κ3) is 4.47. The molecule has 166 valence electrons. The van der Waals surface area contributed by atoms with Crippen LogP contribution in [-0.4, -0.2) is 51.9 Å². The summed E-state index contributed by atoms with van der Waals surface area (Å²) < 4.78 is 13.2. The maximum absolute atomic E-state index is 13.2. The summed E-state index contributed by atoms with van der Waals surface area (Å²) in [7, 11) is 0. The first-order chi connectivity index (χ1) is 16.1. The number of hydrogen-bond donors (Lipinski definition) is 0. The zero-order valence-corrected chi connectivity index (χ0v) is 18.9. The number of carbonyl (C=O) groups excluding carboxylic acids is 1. The first-order valence-electron chi connectivity index (χ1n) is 10.7. The molecule has 1 amide bonds. The second-order valence-electron chi connectivity index (χ2n) is 7.85. The highest BCUT2D eigenvalue weighted by molar-refractivity contribution is 7.17. The molecule has 1 aliphatic rings. The fourth-order valence-corrected chi connectivity index (χ4v) is 4.92. The van der Waals surface area contributed by atoms with Crippen molar-refractivity contribution < 1.29 is 9.18 Å². The summed E-state index contributed by atoms with van der Waals surface area (Å²) >= 11 is 1.45. The molecule has 0 atom stereocenters. The highest BCUT2D eigenvalue weighted by atomic mass is 32.1. The van der Waals surface area contributed by atoms with E-state index >= 15 is 0 Å². The van der Waals surface area contributed by atoms with Crippen molar-refractivity contribution in [1.82, 2.24) is 19.9 Å². The van der Waals surface area contributed by atoms with Crippen molar-refractivity contribution in [3.05, 3.63) is 83.4 Å². The van der Waals surface area contributed by atoms with Gasteiger partial charge in [0.2, 0.25) is 0 Å².